The SMILES string of the molecule is O=C(O)/C=C/c1cn(-c2cccc(C(F)(F)F)c2)nc1-c1ccccc1. The Bertz CT molecular complexity index is 960. The summed E-state index contributed by atoms with van der Waals surface area (Å²) in [6.45, 7) is 0. The lowest BCUT2D eigenvalue weighted by molar-refractivity contribution is -0.137. The Morgan fingerprint density at radius 2 is 1.81 bits per heavy atom. The molecule has 0 saturated heterocycles. The van der Waals surface area contributed by atoms with Gasteiger partial charge in [0.1, 0.15) is 0 Å². The van der Waals surface area contributed by atoms with Gasteiger partial charge >= 0.3 is 12.1 Å². The highest BCUT2D eigenvalue weighted by Crippen LogP contribution is 2.31. The van der Waals surface area contributed by atoms with E-state index in [-0.39, 0.29) is 5.69 Å². The average molecular weight is 358 g/mol. The third kappa shape index (κ3) is 3.83. The Morgan fingerprint density at radius 3 is 2.46 bits per heavy atom. The molecule has 0 aliphatic carbocycles. The van der Waals surface area contributed by atoms with E-state index in [4.69, 9.17) is 5.11 Å². The summed E-state index contributed by atoms with van der Waals surface area (Å²) in [7, 11) is 0. The monoisotopic (exact) mass is 358 g/mol. The normalized spacial score (nSPS) is 11.8. The summed E-state index contributed by atoms with van der Waals surface area (Å²) >= 11 is 0. The number of carboxylic acid groups (broad SMARTS) is 1. The zero-order valence-electron chi connectivity index (χ0n) is 13.3. The molecule has 2 aromatic carbocycles. The molecule has 4 nitrogen and oxygen atoms in total. The maximum Gasteiger partial charge on any atom is 0.416 e. The van der Waals surface area contributed by atoms with Gasteiger partial charge < -0.3 is 5.11 Å². The Balaban J connectivity index is 2.11. The Hall–Kier alpha value is -3.35. The molecule has 0 fully saturated rings. The van der Waals surface area contributed by atoms with Gasteiger partial charge in [0.05, 0.1) is 16.9 Å². The number of nitrogens with zero attached hydrogens (tertiary/aromatic N) is 2. The van der Waals surface area contributed by atoms with Gasteiger partial charge in [-0.05, 0) is 24.3 Å². The number of hydrogen-bond acceptors (Lipinski definition) is 2. The van der Waals surface area contributed by atoms with Gasteiger partial charge in [0, 0.05) is 23.4 Å². The van der Waals surface area contributed by atoms with Gasteiger partial charge in [0.2, 0.25) is 0 Å². The molecule has 0 saturated carbocycles. The van der Waals surface area contributed by atoms with Crippen LogP contribution in [-0.4, -0.2) is 20.9 Å². The number of hydrogen-bond donors (Lipinski definition) is 1. The Labute approximate surface area is 146 Å². The predicted octanol–water partition coefficient (Wildman–Crippen LogP) is 4.66. The Morgan fingerprint density at radius 1 is 1.08 bits per heavy atom. The van der Waals surface area contributed by atoms with Gasteiger partial charge in [-0.15, -0.1) is 0 Å². The van der Waals surface area contributed by atoms with Crippen LogP contribution in [0, 0.1) is 0 Å². The molecule has 1 N–H and O–H groups in total. The van der Waals surface area contributed by atoms with E-state index in [1.54, 1.807) is 24.3 Å². The van der Waals surface area contributed by atoms with E-state index in [2.05, 4.69) is 5.10 Å². The highest BCUT2D eigenvalue weighted by Gasteiger charge is 2.30. The summed E-state index contributed by atoms with van der Waals surface area (Å²) in [5, 5.41) is 13.2. The summed E-state index contributed by atoms with van der Waals surface area (Å²) in [6.07, 6.45) is -0.642. The van der Waals surface area contributed by atoms with Crippen LogP contribution in [0.2, 0.25) is 0 Å². The van der Waals surface area contributed by atoms with E-state index in [1.165, 1.54) is 29.1 Å². The molecule has 0 unspecified atom stereocenters. The molecule has 1 aromatic heterocycles. The van der Waals surface area contributed by atoms with Crippen LogP contribution >= 0.6 is 0 Å². The minimum absolute atomic E-state index is 0.229. The van der Waals surface area contributed by atoms with Crippen LogP contribution in [0.15, 0.2) is 66.9 Å². The molecular formula is C19H13F3N2O2. The van der Waals surface area contributed by atoms with Crippen molar-refractivity contribution in [3.8, 4) is 16.9 Å². The number of alkyl halides is 3. The maximum absolute atomic E-state index is 12.9. The van der Waals surface area contributed by atoms with Crippen LogP contribution < -0.4 is 0 Å². The zero-order chi connectivity index (χ0) is 18.7. The van der Waals surface area contributed by atoms with Gasteiger partial charge in [0.15, 0.2) is 0 Å². The molecule has 0 spiro atoms. The van der Waals surface area contributed by atoms with Gasteiger partial charge in [0.25, 0.3) is 0 Å². The molecule has 132 valence electrons. The van der Waals surface area contributed by atoms with E-state index >= 15 is 0 Å². The van der Waals surface area contributed by atoms with Crippen molar-refractivity contribution in [3.05, 3.63) is 78.0 Å². The smallest absolute Gasteiger partial charge is 0.416 e. The topological polar surface area (TPSA) is 55.1 Å². The zero-order valence-corrected chi connectivity index (χ0v) is 13.3. The third-order valence-electron chi connectivity index (χ3n) is 3.63. The second-order valence-electron chi connectivity index (χ2n) is 5.46. The second-order valence-corrected chi connectivity index (χ2v) is 5.46. The number of benzene rings is 2. The van der Waals surface area contributed by atoms with Crippen molar-refractivity contribution >= 4 is 12.0 Å². The lowest BCUT2D eigenvalue weighted by Crippen LogP contribution is -2.06. The fourth-order valence-corrected chi connectivity index (χ4v) is 2.45. The van der Waals surface area contributed by atoms with Crippen LogP contribution in [0.1, 0.15) is 11.1 Å². The first-order valence-corrected chi connectivity index (χ1v) is 7.58. The maximum atomic E-state index is 12.9. The quantitative estimate of drug-likeness (QED) is 0.691. The molecule has 0 amide bonds. The third-order valence-corrected chi connectivity index (χ3v) is 3.63. The molecule has 0 bridgehead atoms. The van der Waals surface area contributed by atoms with Crippen molar-refractivity contribution in [2.24, 2.45) is 0 Å². The molecule has 3 rings (SSSR count). The first kappa shape index (κ1) is 17.5. The fraction of sp³-hybridized carbons (Fsp3) is 0.0526. The second kappa shape index (κ2) is 6.87. The van der Waals surface area contributed by atoms with Crippen molar-refractivity contribution < 1.29 is 23.1 Å². The number of aromatic nitrogens is 2. The number of halogens is 3. The summed E-state index contributed by atoms with van der Waals surface area (Å²) in [4.78, 5) is 10.8. The minimum Gasteiger partial charge on any atom is -0.478 e. The van der Waals surface area contributed by atoms with Gasteiger partial charge in [-0.25, -0.2) is 9.48 Å². The highest BCUT2D eigenvalue weighted by atomic mass is 19.4. The lowest BCUT2D eigenvalue weighted by atomic mass is 10.1. The van der Waals surface area contributed by atoms with Crippen LogP contribution in [0.3, 0.4) is 0 Å². The van der Waals surface area contributed by atoms with Crippen molar-refractivity contribution in [2.45, 2.75) is 6.18 Å². The first-order chi connectivity index (χ1) is 12.3. The van der Waals surface area contributed by atoms with Crippen LogP contribution in [0.5, 0.6) is 0 Å². The van der Waals surface area contributed by atoms with Gasteiger partial charge in [-0.3, -0.25) is 0 Å². The molecule has 26 heavy (non-hydrogen) atoms. The molecule has 1 heterocycles. The van der Waals surface area contributed by atoms with Gasteiger partial charge in [-0.2, -0.15) is 18.3 Å². The largest absolute Gasteiger partial charge is 0.478 e. The molecule has 0 aliphatic heterocycles. The van der Waals surface area contributed by atoms with E-state index in [0.717, 1.165) is 23.8 Å². The number of carbonyl (C=O) groups is 1. The number of aliphatic carboxylic acids is 1. The average Bonchev–Trinajstić information content (AvgIpc) is 3.04. The van der Waals surface area contributed by atoms with Crippen LogP contribution in [-0.2, 0) is 11.0 Å². The number of carboxylic acids is 1. The van der Waals surface area contributed by atoms with E-state index in [1.807, 2.05) is 6.07 Å². The lowest BCUT2D eigenvalue weighted by Gasteiger charge is -2.08. The molecular weight excluding hydrogens is 345 g/mol. The van der Waals surface area contributed by atoms with E-state index < -0.39 is 17.7 Å². The summed E-state index contributed by atoms with van der Waals surface area (Å²) in [5.74, 6) is -1.13. The van der Waals surface area contributed by atoms with Crippen LogP contribution in [0.25, 0.3) is 23.0 Å². The minimum atomic E-state index is -4.46. The summed E-state index contributed by atoms with van der Waals surface area (Å²) < 4.78 is 40.1. The summed E-state index contributed by atoms with van der Waals surface area (Å²) in [5.41, 5.74) is 1.13. The van der Waals surface area contributed by atoms with Crippen molar-refractivity contribution in [1.29, 1.82) is 0 Å². The van der Waals surface area contributed by atoms with Crippen molar-refractivity contribution in [3.63, 3.8) is 0 Å². The standard InChI is InChI=1S/C19H13F3N2O2/c20-19(21,22)15-7-4-8-16(11-15)24-12-14(9-10-17(25)26)18(23-24)13-5-2-1-3-6-13/h1-12H,(H,25,26)/b10-9+. The van der Waals surface area contributed by atoms with Crippen molar-refractivity contribution in [1.82, 2.24) is 9.78 Å². The van der Waals surface area contributed by atoms with Crippen LogP contribution in [0.4, 0.5) is 13.2 Å². The summed E-state index contributed by atoms with van der Waals surface area (Å²) in [6, 6.07) is 13.8. The molecule has 7 heteroatoms. The highest BCUT2D eigenvalue weighted by molar-refractivity contribution is 5.87. The number of rotatable bonds is 4. The van der Waals surface area contributed by atoms with Gasteiger partial charge in [-0.1, -0.05) is 36.4 Å². The predicted molar refractivity (Wildman–Crippen MR) is 90.7 cm³/mol. The molecule has 0 radical (unpaired) electrons. The van der Waals surface area contributed by atoms with E-state index in [0.29, 0.717) is 11.3 Å². The van der Waals surface area contributed by atoms with Crippen molar-refractivity contribution in [2.75, 3.05) is 0 Å². The van der Waals surface area contributed by atoms with E-state index in [9.17, 15) is 18.0 Å². The Kier molecular flexibility index (Phi) is 4.62. The molecule has 0 atom stereocenters. The fourth-order valence-electron chi connectivity index (χ4n) is 2.45. The molecule has 3 aromatic rings. The molecule has 0 aliphatic rings. The first-order valence-electron chi connectivity index (χ1n) is 7.58.